The van der Waals surface area contributed by atoms with Gasteiger partial charge in [0.1, 0.15) is 15.6 Å². The van der Waals surface area contributed by atoms with Gasteiger partial charge in [0.25, 0.3) is 0 Å². The zero-order valence-corrected chi connectivity index (χ0v) is 8.96. The fourth-order valence-electron chi connectivity index (χ4n) is 1.21. The topological polar surface area (TPSA) is 73.3 Å². The van der Waals surface area contributed by atoms with Crippen LogP contribution in [0.4, 0.5) is 0 Å². The predicted molar refractivity (Wildman–Crippen MR) is 54.6 cm³/mol. The summed E-state index contributed by atoms with van der Waals surface area (Å²) >= 11 is 0. The van der Waals surface area contributed by atoms with Crippen molar-refractivity contribution in [2.75, 3.05) is 12.0 Å². The van der Waals surface area contributed by atoms with Crippen LogP contribution in [0, 0.1) is 0 Å². The third-order valence-electron chi connectivity index (χ3n) is 1.94. The van der Waals surface area contributed by atoms with Crippen LogP contribution in [-0.4, -0.2) is 20.4 Å². The largest absolute Gasteiger partial charge is 0.468 e. The molecule has 1 heterocycles. The molecule has 0 bridgehead atoms. The summed E-state index contributed by atoms with van der Waals surface area (Å²) in [6, 6.07) is 3.36. The van der Waals surface area contributed by atoms with Gasteiger partial charge < -0.3 is 10.2 Å². The number of sulfone groups is 1. The van der Waals surface area contributed by atoms with Crippen molar-refractivity contribution in [3.63, 3.8) is 0 Å². The predicted octanol–water partition coefficient (Wildman–Crippen LogP) is 1.10. The van der Waals surface area contributed by atoms with Crippen molar-refractivity contribution in [3.05, 3.63) is 24.2 Å². The third-order valence-corrected chi connectivity index (χ3v) is 2.97. The molecule has 0 aromatic carbocycles. The van der Waals surface area contributed by atoms with Crippen molar-refractivity contribution in [2.24, 2.45) is 5.73 Å². The molecule has 14 heavy (non-hydrogen) atoms. The van der Waals surface area contributed by atoms with Gasteiger partial charge in [-0.05, 0) is 25.0 Å². The Balaban J connectivity index is 2.33. The Bertz CT molecular complexity index is 355. The Kier molecular flexibility index (Phi) is 3.71. The first-order valence-electron chi connectivity index (χ1n) is 4.46. The van der Waals surface area contributed by atoms with Gasteiger partial charge in [-0.15, -0.1) is 0 Å². The van der Waals surface area contributed by atoms with E-state index >= 15 is 0 Å². The highest BCUT2D eigenvalue weighted by Crippen LogP contribution is 2.15. The quantitative estimate of drug-likeness (QED) is 0.801. The molecule has 0 amide bonds. The van der Waals surface area contributed by atoms with E-state index in [0.717, 1.165) is 0 Å². The van der Waals surface area contributed by atoms with E-state index in [2.05, 4.69) is 0 Å². The van der Waals surface area contributed by atoms with Gasteiger partial charge in [0.15, 0.2) is 0 Å². The number of nitrogens with two attached hydrogens (primary N) is 1. The van der Waals surface area contributed by atoms with Gasteiger partial charge in [0.05, 0.1) is 12.3 Å². The maximum Gasteiger partial charge on any atom is 0.147 e. The minimum absolute atomic E-state index is 0.182. The summed E-state index contributed by atoms with van der Waals surface area (Å²) < 4.78 is 26.8. The molecule has 2 N–H and O–H groups in total. The lowest BCUT2D eigenvalue weighted by atomic mass is 10.1. The van der Waals surface area contributed by atoms with Crippen LogP contribution in [0.15, 0.2) is 22.8 Å². The smallest absolute Gasteiger partial charge is 0.147 e. The normalized spacial score (nSPS) is 14.1. The van der Waals surface area contributed by atoms with Gasteiger partial charge in [-0.1, -0.05) is 0 Å². The summed E-state index contributed by atoms with van der Waals surface area (Å²) in [5.41, 5.74) is 5.78. The second kappa shape index (κ2) is 4.61. The molecule has 80 valence electrons. The number of rotatable bonds is 5. The summed E-state index contributed by atoms with van der Waals surface area (Å²) in [6.07, 6.45) is 3.98. The highest BCUT2D eigenvalue weighted by atomic mass is 32.2. The van der Waals surface area contributed by atoms with Crippen molar-refractivity contribution in [2.45, 2.75) is 18.9 Å². The van der Waals surface area contributed by atoms with Gasteiger partial charge in [-0.25, -0.2) is 8.42 Å². The first-order chi connectivity index (χ1) is 6.49. The molecule has 5 heteroatoms. The minimum Gasteiger partial charge on any atom is -0.468 e. The first kappa shape index (κ1) is 11.3. The lowest BCUT2D eigenvalue weighted by molar-refractivity contribution is 0.450. The molecule has 0 fully saturated rings. The Hall–Kier alpha value is -0.810. The second-order valence-electron chi connectivity index (χ2n) is 3.39. The molecule has 0 aliphatic carbocycles. The molecule has 0 radical (unpaired) electrons. The molecule has 0 aliphatic heterocycles. The van der Waals surface area contributed by atoms with Crippen LogP contribution >= 0.6 is 0 Å². The Morgan fingerprint density at radius 2 is 2.29 bits per heavy atom. The van der Waals surface area contributed by atoms with Crippen molar-refractivity contribution < 1.29 is 12.8 Å². The first-order valence-corrected chi connectivity index (χ1v) is 6.52. The van der Waals surface area contributed by atoms with Crippen LogP contribution in [0.3, 0.4) is 0 Å². The summed E-state index contributed by atoms with van der Waals surface area (Å²) in [5, 5.41) is 0. The maximum absolute atomic E-state index is 10.8. The molecule has 0 saturated heterocycles. The van der Waals surface area contributed by atoms with Gasteiger partial charge in [0.2, 0.25) is 0 Å². The van der Waals surface area contributed by atoms with E-state index in [1.165, 1.54) is 6.26 Å². The highest BCUT2D eigenvalue weighted by Gasteiger charge is 2.10. The molecule has 1 aromatic rings. The van der Waals surface area contributed by atoms with Gasteiger partial charge in [-0.2, -0.15) is 0 Å². The van der Waals surface area contributed by atoms with E-state index in [0.29, 0.717) is 18.6 Å². The molecule has 1 atom stereocenters. The summed E-state index contributed by atoms with van der Waals surface area (Å²) in [7, 11) is -2.87. The number of hydrogen-bond acceptors (Lipinski definition) is 4. The Morgan fingerprint density at radius 1 is 1.57 bits per heavy atom. The van der Waals surface area contributed by atoms with Crippen LogP contribution in [0.5, 0.6) is 0 Å². The summed E-state index contributed by atoms with van der Waals surface area (Å²) in [6.45, 7) is 0. The molecule has 4 nitrogen and oxygen atoms in total. The van der Waals surface area contributed by atoms with E-state index < -0.39 is 9.84 Å². The average molecular weight is 217 g/mol. The third kappa shape index (κ3) is 3.93. The van der Waals surface area contributed by atoms with E-state index in [4.69, 9.17) is 10.2 Å². The molecule has 0 aliphatic rings. The molecular formula is C9H15NO3S. The SMILES string of the molecule is CS(=O)(=O)CCCC(N)c1ccco1. The van der Waals surface area contributed by atoms with Crippen molar-refractivity contribution in [3.8, 4) is 0 Å². The van der Waals surface area contributed by atoms with Crippen molar-refractivity contribution in [1.29, 1.82) is 0 Å². The summed E-state index contributed by atoms with van der Waals surface area (Å²) in [5.74, 6) is 0.889. The van der Waals surface area contributed by atoms with Crippen molar-refractivity contribution >= 4 is 9.84 Å². The standard InChI is InChI=1S/C9H15NO3S/c1-14(11,12)7-3-4-8(10)9-5-2-6-13-9/h2,5-6,8H,3-4,7,10H2,1H3. The van der Waals surface area contributed by atoms with Gasteiger partial charge >= 0.3 is 0 Å². The van der Waals surface area contributed by atoms with Crippen LogP contribution in [0.25, 0.3) is 0 Å². The van der Waals surface area contributed by atoms with E-state index in [9.17, 15) is 8.42 Å². The second-order valence-corrected chi connectivity index (χ2v) is 5.65. The van der Waals surface area contributed by atoms with E-state index in [1.807, 2.05) is 0 Å². The maximum atomic E-state index is 10.8. The van der Waals surface area contributed by atoms with Crippen LogP contribution in [-0.2, 0) is 9.84 Å². The van der Waals surface area contributed by atoms with E-state index in [-0.39, 0.29) is 11.8 Å². The fraction of sp³-hybridized carbons (Fsp3) is 0.556. The average Bonchev–Trinajstić information content (AvgIpc) is 2.53. The van der Waals surface area contributed by atoms with Crippen LogP contribution < -0.4 is 5.73 Å². The molecule has 1 unspecified atom stereocenters. The van der Waals surface area contributed by atoms with E-state index in [1.54, 1.807) is 18.4 Å². The fourth-order valence-corrected chi connectivity index (χ4v) is 1.90. The van der Waals surface area contributed by atoms with Crippen LogP contribution in [0.2, 0.25) is 0 Å². The molecule has 1 rings (SSSR count). The Morgan fingerprint density at radius 3 is 2.79 bits per heavy atom. The van der Waals surface area contributed by atoms with Crippen molar-refractivity contribution in [1.82, 2.24) is 0 Å². The zero-order valence-electron chi connectivity index (χ0n) is 8.14. The molecule has 0 saturated carbocycles. The lowest BCUT2D eigenvalue weighted by Crippen LogP contribution is -2.12. The highest BCUT2D eigenvalue weighted by molar-refractivity contribution is 7.90. The number of furan rings is 1. The lowest BCUT2D eigenvalue weighted by Gasteiger charge is -2.07. The van der Waals surface area contributed by atoms with Gasteiger partial charge in [0, 0.05) is 12.0 Å². The number of hydrogen-bond donors (Lipinski definition) is 1. The van der Waals surface area contributed by atoms with Crippen LogP contribution in [0.1, 0.15) is 24.6 Å². The van der Waals surface area contributed by atoms with Gasteiger partial charge in [-0.3, -0.25) is 0 Å². The molecular weight excluding hydrogens is 202 g/mol. The Labute approximate surface area is 84.0 Å². The minimum atomic E-state index is -2.87. The zero-order chi connectivity index (χ0) is 10.6. The molecule has 1 aromatic heterocycles. The monoisotopic (exact) mass is 217 g/mol. The summed E-state index contributed by atoms with van der Waals surface area (Å²) in [4.78, 5) is 0. The molecule has 0 spiro atoms.